The van der Waals surface area contributed by atoms with Crippen LogP contribution < -0.4 is 10.1 Å². The fourth-order valence-electron chi connectivity index (χ4n) is 4.31. The Bertz CT molecular complexity index is 1010. The summed E-state index contributed by atoms with van der Waals surface area (Å²) in [7, 11) is 0. The fourth-order valence-corrected chi connectivity index (χ4v) is 4.55. The third-order valence-electron chi connectivity index (χ3n) is 5.21. The van der Waals surface area contributed by atoms with E-state index in [4.69, 9.17) is 16.3 Å². The molecule has 3 heteroatoms. The van der Waals surface area contributed by atoms with Crippen molar-refractivity contribution in [1.82, 2.24) is 0 Å². The van der Waals surface area contributed by atoms with Gasteiger partial charge in [-0.1, -0.05) is 42.5 Å². The molecule has 2 aliphatic heterocycles. The van der Waals surface area contributed by atoms with Crippen LogP contribution in [-0.2, 0) is 0 Å². The Morgan fingerprint density at radius 2 is 1.96 bits per heavy atom. The molecule has 0 fully saturated rings. The Labute approximate surface area is 166 Å². The molecule has 0 spiro atoms. The predicted molar refractivity (Wildman–Crippen MR) is 117 cm³/mol. The van der Waals surface area contributed by atoms with Crippen LogP contribution in [0.4, 0.5) is 5.69 Å². The summed E-state index contributed by atoms with van der Waals surface area (Å²) in [6.07, 6.45) is 8.11. The number of anilines is 1. The van der Waals surface area contributed by atoms with E-state index in [0.29, 0.717) is 5.02 Å². The number of hydrogen-bond acceptors (Lipinski definition) is 2. The molecule has 1 atom stereocenters. The van der Waals surface area contributed by atoms with Crippen LogP contribution in [0, 0.1) is 0 Å². The second-order valence-corrected chi connectivity index (χ2v) is 8.13. The van der Waals surface area contributed by atoms with Crippen LogP contribution in [0.15, 0.2) is 49.1 Å². The van der Waals surface area contributed by atoms with Crippen molar-refractivity contribution in [2.45, 2.75) is 39.3 Å². The highest BCUT2D eigenvalue weighted by atomic mass is 35.5. The molecule has 2 nitrogen and oxygen atoms in total. The molecule has 0 saturated heterocycles. The van der Waals surface area contributed by atoms with Crippen molar-refractivity contribution < 1.29 is 4.74 Å². The zero-order valence-corrected chi connectivity index (χ0v) is 16.9. The van der Waals surface area contributed by atoms with E-state index >= 15 is 0 Å². The Kier molecular flexibility index (Phi) is 4.20. The summed E-state index contributed by atoms with van der Waals surface area (Å²) in [4.78, 5) is 0. The van der Waals surface area contributed by atoms with E-state index in [-0.39, 0.29) is 11.6 Å². The Hall–Kier alpha value is -2.45. The summed E-state index contributed by atoms with van der Waals surface area (Å²) < 4.78 is 6.41. The summed E-state index contributed by atoms with van der Waals surface area (Å²) in [6, 6.07) is 8.18. The molecule has 4 rings (SSSR count). The Morgan fingerprint density at radius 1 is 1.19 bits per heavy atom. The van der Waals surface area contributed by atoms with E-state index in [9.17, 15) is 0 Å². The van der Waals surface area contributed by atoms with Gasteiger partial charge in [-0.15, -0.1) is 0 Å². The van der Waals surface area contributed by atoms with Crippen molar-refractivity contribution >= 4 is 28.9 Å². The maximum Gasteiger partial charge on any atom is 0.143 e. The van der Waals surface area contributed by atoms with Gasteiger partial charge in [-0.2, -0.15) is 0 Å². The van der Waals surface area contributed by atoms with E-state index in [0.717, 1.165) is 28.1 Å². The number of benzene rings is 2. The van der Waals surface area contributed by atoms with Gasteiger partial charge in [0.1, 0.15) is 11.9 Å². The fraction of sp³-hybridized carbons (Fsp3) is 0.250. The van der Waals surface area contributed by atoms with Crippen molar-refractivity contribution in [2.75, 3.05) is 5.32 Å². The van der Waals surface area contributed by atoms with Gasteiger partial charge < -0.3 is 10.1 Å². The van der Waals surface area contributed by atoms with Crippen molar-refractivity contribution in [2.24, 2.45) is 0 Å². The highest BCUT2D eigenvalue weighted by molar-refractivity contribution is 6.32. The zero-order valence-electron chi connectivity index (χ0n) is 16.2. The van der Waals surface area contributed by atoms with Crippen LogP contribution in [0.2, 0.25) is 5.02 Å². The molecule has 0 radical (unpaired) electrons. The first kappa shape index (κ1) is 17.9. The van der Waals surface area contributed by atoms with Crippen LogP contribution in [0.1, 0.15) is 50.5 Å². The molecule has 138 valence electrons. The molecule has 0 aliphatic carbocycles. The molecule has 0 aromatic heterocycles. The van der Waals surface area contributed by atoms with E-state index in [2.05, 4.69) is 57.0 Å². The monoisotopic (exact) mass is 377 g/mol. The smallest absolute Gasteiger partial charge is 0.143 e. The number of fused-ring (bicyclic) bond motifs is 5. The number of hydrogen-bond donors (Lipinski definition) is 1. The van der Waals surface area contributed by atoms with Crippen molar-refractivity contribution in [3.63, 3.8) is 0 Å². The zero-order chi connectivity index (χ0) is 19.3. The summed E-state index contributed by atoms with van der Waals surface area (Å²) >= 11 is 6.47. The molecule has 2 aromatic carbocycles. The van der Waals surface area contributed by atoms with E-state index in [1.165, 1.54) is 16.7 Å². The number of allylic oxidation sites excluding steroid dienone is 2. The predicted octanol–water partition coefficient (Wildman–Crippen LogP) is 7.27. The third kappa shape index (κ3) is 2.80. The minimum atomic E-state index is -0.141. The second-order valence-electron chi connectivity index (χ2n) is 7.73. The molecule has 1 unspecified atom stereocenters. The van der Waals surface area contributed by atoms with Crippen LogP contribution in [-0.4, -0.2) is 5.54 Å². The van der Waals surface area contributed by atoms with Gasteiger partial charge in [-0.25, -0.2) is 0 Å². The van der Waals surface area contributed by atoms with Gasteiger partial charge in [0, 0.05) is 33.0 Å². The molecule has 2 aromatic rings. The SMILES string of the molecule is C=Cc1c(Cl)ccc2c1-c1ccc3c(c1C(C=CC)O2)C(C)=CC(C)(C)N3. The van der Waals surface area contributed by atoms with Gasteiger partial charge in [0.15, 0.2) is 0 Å². The average Bonchev–Trinajstić information content (AvgIpc) is 2.60. The second kappa shape index (κ2) is 6.31. The molecule has 27 heavy (non-hydrogen) atoms. The van der Waals surface area contributed by atoms with Crippen LogP contribution in [0.3, 0.4) is 0 Å². The van der Waals surface area contributed by atoms with Gasteiger partial charge in [-0.05, 0) is 63.1 Å². The minimum absolute atomic E-state index is 0.0789. The van der Waals surface area contributed by atoms with Crippen molar-refractivity contribution in [3.05, 3.63) is 70.8 Å². The van der Waals surface area contributed by atoms with Gasteiger partial charge in [-0.3, -0.25) is 0 Å². The Morgan fingerprint density at radius 3 is 2.67 bits per heavy atom. The summed E-state index contributed by atoms with van der Waals surface area (Å²) in [5.41, 5.74) is 7.82. The Balaban J connectivity index is 2.08. The molecule has 0 bridgehead atoms. The molecule has 2 aliphatic rings. The van der Waals surface area contributed by atoms with Gasteiger partial charge >= 0.3 is 0 Å². The summed E-state index contributed by atoms with van der Waals surface area (Å²) in [5, 5.41) is 4.33. The summed E-state index contributed by atoms with van der Waals surface area (Å²) in [5.74, 6) is 0.843. The highest BCUT2D eigenvalue weighted by Gasteiger charge is 2.33. The first-order valence-electron chi connectivity index (χ1n) is 9.26. The van der Waals surface area contributed by atoms with Crippen molar-refractivity contribution in [1.29, 1.82) is 0 Å². The van der Waals surface area contributed by atoms with Crippen LogP contribution in [0.5, 0.6) is 5.75 Å². The number of halogens is 1. The molecular formula is C24H24ClNO. The van der Waals surface area contributed by atoms with Crippen molar-refractivity contribution in [3.8, 4) is 16.9 Å². The lowest BCUT2D eigenvalue weighted by Crippen LogP contribution is -2.32. The lowest BCUT2D eigenvalue weighted by molar-refractivity contribution is 0.251. The first-order valence-corrected chi connectivity index (χ1v) is 9.64. The topological polar surface area (TPSA) is 21.3 Å². The molecule has 0 amide bonds. The molecular weight excluding hydrogens is 354 g/mol. The number of nitrogens with one attached hydrogen (secondary N) is 1. The first-order chi connectivity index (χ1) is 12.9. The van der Waals surface area contributed by atoms with Gasteiger partial charge in [0.05, 0.1) is 5.54 Å². The number of rotatable bonds is 2. The van der Waals surface area contributed by atoms with E-state index in [1.807, 2.05) is 31.2 Å². The molecule has 1 N–H and O–H groups in total. The average molecular weight is 378 g/mol. The molecule has 2 heterocycles. The quantitative estimate of drug-likeness (QED) is 0.555. The summed E-state index contributed by atoms with van der Waals surface area (Å²) in [6.45, 7) is 12.5. The third-order valence-corrected chi connectivity index (χ3v) is 5.54. The normalized spacial score (nSPS) is 19.3. The van der Waals surface area contributed by atoms with Crippen LogP contribution in [0.25, 0.3) is 22.8 Å². The molecule has 0 saturated carbocycles. The maximum atomic E-state index is 6.47. The maximum absolute atomic E-state index is 6.47. The van der Waals surface area contributed by atoms with Gasteiger partial charge in [0.25, 0.3) is 0 Å². The van der Waals surface area contributed by atoms with Gasteiger partial charge in [0.2, 0.25) is 0 Å². The lowest BCUT2D eigenvalue weighted by Gasteiger charge is -2.37. The van der Waals surface area contributed by atoms with Crippen LogP contribution >= 0.6 is 11.6 Å². The van der Waals surface area contributed by atoms with E-state index < -0.39 is 0 Å². The number of ether oxygens (including phenoxy) is 1. The standard InChI is InChI=1S/C24H24ClNO/c1-6-8-19-23-16(22-15(7-2)17(25)10-12-20(22)27-19)9-11-18-21(23)14(3)13-24(4,5)26-18/h6-13,19,26H,2H2,1,3-5H3. The lowest BCUT2D eigenvalue weighted by atomic mass is 9.81. The minimum Gasteiger partial charge on any atom is -0.481 e. The largest absolute Gasteiger partial charge is 0.481 e. The highest BCUT2D eigenvalue weighted by Crippen LogP contribution is 2.51. The van der Waals surface area contributed by atoms with E-state index in [1.54, 1.807) is 0 Å².